The van der Waals surface area contributed by atoms with Crippen LogP contribution < -0.4 is 10.6 Å². The molecule has 2 amide bonds. The van der Waals surface area contributed by atoms with Crippen LogP contribution in [0.5, 0.6) is 0 Å². The average Bonchev–Trinajstić information content (AvgIpc) is 3.35. The van der Waals surface area contributed by atoms with Crippen LogP contribution in [0.4, 0.5) is 11.4 Å². The van der Waals surface area contributed by atoms with Gasteiger partial charge in [-0.2, -0.15) is 0 Å². The molecule has 4 nitrogen and oxygen atoms in total. The molecule has 10 heteroatoms. The Hall–Kier alpha value is -1.47. The first-order valence-corrected chi connectivity index (χ1v) is 13.0. The molecule has 35 heavy (non-hydrogen) atoms. The number of rotatable bonds is 8. The van der Waals surface area contributed by atoms with Crippen LogP contribution in [-0.2, 0) is 4.79 Å². The van der Waals surface area contributed by atoms with Gasteiger partial charge in [0.15, 0.2) is 0 Å². The SMILES string of the molecule is C=C/C(Cl)=C\C(Cl)=C/CC1C(C(=O)Nc2ccc(Cl)c(C(=O)Nc3ccc(Br)cc3C)c2)C1(Cl)Cl. The first-order chi connectivity index (χ1) is 16.4. The Balaban J connectivity index is 1.70. The Labute approximate surface area is 237 Å². The normalized spacial score (nSPS) is 19.2. The summed E-state index contributed by atoms with van der Waals surface area (Å²) in [5, 5.41) is 6.63. The van der Waals surface area contributed by atoms with Crippen LogP contribution in [0, 0.1) is 18.8 Å². The van der Waals surface area contributed by atoms with Gasteiger partial charge in [-0.3, -0.25) is 9.59 Å². The Morgan fingerprint density at radius 1 is 1.11 bits per heavy atom. The maximum Gasteiger partial charge on any atom is 0.257 e. The van der Waals surface area contributed by atoms with Gasteiger partial charge in [0.25, 0.3) is 5.91 Å². The van der Waals surface area contributed by atoms with E-state index in [1.165, 1.54) is 24.3 Å². The number of allylic oxidation sites excluding steroid dienone is 5. The maximum atomic E-state index is 12.9. The number of carbonyl (C=O) groups is 2. The van der Waals surface area contributed by atoms with E-state index in [9.17, 15) is 9.59 Å². The predicted octanol–water partition coefficient (Wildman–Crippen LogP) is 8.84. The third kappa shape index (κ3) is 7.06. The fourth-order valence-corrected chi connectivity index (χ4v) is 5.35. The molecule has 0 aromatic heterocycles. The molecule has 0 aliphatic heterocycles. The van der Waals surface area contributed by atoms with E-state index in [0.29, 0.717) is 27.9 Å². The molecule has 3 rings (SSSR count). The quantitative estimate of drug-likeness (QED) is 0.225. The van der Waals surface area contributed by atoms with Crippen molar-refractivity contribution in [2.75, 3.05) is 10.6 Å². The third-order valence-electron chi connectivity index (χ3n) is 5.44. The van der Waals surface area contributed by atoms with E-state index in [1.54, 1.807) is 18.2 Å². The van der Waals surface area contributed by atoms with Gasteiger partial charge < -0.3 is 10.6 Å². The number of aryl methyl sites for hydroxylation is 1. The molecule has 0 heterocycles. The highest BCUT2D eigenvalue weighted by atomic mass is 79.9. The lowest BCUT2D eigenvalue weighted by atomic mass is 10.1. The van der Waals surface area contributed by atoms with Crippen LogP contribution in [0.2, 0.25) is 5.02 Å². The number of benzene rings is 2. The standard InChI is InChI=1S/C25H20BrCl5N2O2/c1-3-15(27)11-16(28)5-7-19-22(25(19,30)31)24(35)32-17-6-8-20(29)18(12-17)23(34)33-21-9-4-14(26)10-13(21)2/h3-6,8-12,19,22H,1,7H2,2H3,(H,32,35)(H,33,34)/b15-11+,16-5+. The van der Waals surface area contributed by atoms with Crippen LogP contribution >= 0.6 is 73.9 Å². The fraction of sp³-hybridized carbons (Fsp3) is 0.200. The van der Waals surface area contributed by atoms with Crippen LogP contribution in [-0.4, -0.2) is 16.1 Å². The monoisotopic (exact) mass is 634 g/mol. The van der Waals surface area contributed by atoms with Gasteiger partial charge in [-0.05, 0) is 61.4 Å². The second-order valence-electron chi connectivity index (χ2n) is 7.91. The second-order valence-corrected chi connectivity index (χ2v) is 11.6. The number of alkyl halides is 2. The van der Waals surface area contributed by atoms with Crippen LogP contribution in [0.3, 0.4) is 0 Å². The lowest BCUT2D eigenvalue weighted by molar-refractivity contribution is -0.117. The number of anilines is 2. The molecule has 0 spiro atoms. The fourth-order valence-electron chi connectivity index (χ4n) is 3.48. The third-order valence-corrected chi connectivity index (χ3v) is 7.82. The number of hydrogen-bond donors (Lipinski definition) is 2. The van der Waals surface area contributed by atoms with Crippen molar-refractivity contribution in [3.8, 4) is 0 Å². The second kappa shape index (κ2) is 11.7. The zero-order valence-electron chi connectivity index (χ0n) is 18.3. The minimum absolute atomic E-state index is 0.211. The zero-order valence-corrected chi connectivity index (χ0v) is 23.7. The minimum Gasteiger partial charge on any atom is -0.326 e. The van der Waals surface area contributed by atoms with E-state index in [4.69, 9.17) is 58.0 Å². The van der Waals surface area contributed by atoms with E-state index in [1.807, 2.05) is 19.1 Å². The number of amides is 2. The molecule has 2 aromatic carbocycles. The van der Waals surface area contributed by atoms with Gasteiger partial charge in [0.2, 0.25) is 5.91 Å². The van der Waals surface area contributed by atoms with Gasteiger partial charge in [0.05, 0.1) is 16.5 Å². The zero-order chi connectivity index (χ0) is 25.9. The molecule has 0 radical (unpaired) electrons. The number of halogens is 6. The van der Waals surface area contributed by atoms with Crippen molar-refractivity contribution >= 4 is 97.1 Å². The Bertz CT molecular complexity index is 1240. The van der Waals surface area contributed by atoms with Gasteiger partial charge in [-0.15, -0.1) is 23.2 Å². The van der Waals surface area contributed by atoms with E-state index in [0.717, 1.165) is 10.0 Å². The maximum absolute atomic E-state index is 12.9. The molecule has 184 valence electrons. The molecular formula is C25H20BrCl5N2O2. The number of nitrogens with one attached hydrogen (secondary N) is 2. The van der Waals surface area contributed by atoms with Gasteiger partial charge in [-0.1, -0.05) is 69.5 Å². The summed E-state index contributed by atoms with van der Waals surface area (Å²) in [6, 6.07) is 10.1. The molecule has 0 bridgehead atoms. The van der Waals surface area contributed by atoms with Crippen molar-refractivity contribution in [2.24, 2.45) is 11.8 Å². The van der Waals surface area contributed by atoms with Crippen molar-refractivity contribution in [1.29, 1.82) is 0 Å². The summed E-state index contributed by atoms with van der Waals surface area (Å²) in [5.74, 6) is -1.78. The highest BCUT2D eigenvalue weighted by molar-refractivity contribution is 9.10. The minimum atomic E-state index is -1.24. The summed E-state index contributed by atoms with van der Waals surface area (Å²) < 4.78 is -0.339. The van der Waals surface area contributed by atoms with Crippen LogP contribution in [0.1, 0.15) is 22.3 Å². The predicted molar refractivity (Wildman–Crippen MR) is 151 cm³/mol. The lowest BCUT2D eigenvalue weighted by Gasteiger charge is -2.12. The molecule has 2 aromatic rings. The molecular weight excluding hydrogens is 617 g/mol. The molecule has 2 unspecified atom stereocenters. The average molecular weight is 638 g/mol. The van der Waals surface area contributed by atoms with Crippen molar-refractivity contribution in [3.63, 3.8) is 0 Å². The molecule has 0 saturated heterocycles. The highest BCUT2D eigenvalue weighted by Gasteiger charge is 2.66. The highest BCUT2D eigenvalue weighted by Crippen LogP contribution is 2.61. The van der Waals surface area contributed by atoms with E-state index in [2.05, 4.69) is 33.1 Å². The first-order valence-electron chi connectivity index (χ1n) is 10.3. The molecule has 1 fully saturated rings. The Morgan fingerprint density at radius 3 is 2.49 bits per heavy atom. The van der Waals surface area contributed by atoms with Gasteiger partial charge >= 0.3 is 0 Å². The summed E-state index contributed by atoms with van der Waals surface area (Å²) >= 11 is 34.4. The van der Waals surface area contributed by atoms with Gasteiger partial charge in [-0.25, -0.2) is 0 Å². The van der Waals surface area contributed by atoms with Crippen LogP contribution in [0.15, 0.2) is 75.7 Å². The summed E-state index contributed by atoms with van der Waals surface area (Å²) in [4.78, 5) is 25.7. The summed E-state index contributed by atoms with van der Waals surface area (Å²) in [5.41, 5.74) is 2.13. The van der Waals surface area contributed by atoms with Crippen molar-refractivity contribution in [2.45, 2.75) is 17.7 Å². The Morgan fingerprint density at radius 2 is 1.83 bits per heavy atom. The Kier molecular flexibility index (Phi) is 9.41. The number of hydrogen-bond acceptors (Lipinski definition) is 2. The van der Waals surface area contributed by atoms with Crippen molar-refractivity contribution in [3.05, 3.63) is 91.9 Å². The lowest BCUT2D eigenvalue weighted by Crippen LogP contribution is -2.18. The first kappa shape index (κ1) is 28.1. The topological polar surface area (TPSA) is 58.2 Å². The van der Waals surface area contributed by atoms with E-state index in [-0.39, 0.29) is 22.4 Å². The van der Waals surface area contributed by atoms with Gasteiger partial charge in [0.1, 0.15) is 4.33 Å². The van der Waals surface area contributed by atoms with Crippen LogP contribution in [0.25, 0.3) is 0 Å². The van der Waals surface area contributed by atoms with E-state index >= 15 is 0 Å². The summed E-state index contributed by atoms with van der Waals surface area (Å²) in [6.45, 7) is 5.43. The molecule has 1 aliphatic carbocycles. The summed E-state index contributed by atoms with van der Waals surface area (Å²) in [6.07, 6.45) is 5.06. The van der Waals surface area contributed by atoms with E-state index < -0.39 is 16.2 Å². The molecule has 1 saturated carbocycles. The van der Waals surface area contributed by atoms with Gasteiger partial charge in [0, 0.05) is 31.8 Å². The summed E-state index contributed by atoms with van der Waals surface area (Å²) in [7, 11) is 0. The largest absolute Gasteiger partial charge is 0.326 e. The number of carbonyl (C=O) groups excluding carboxylic acids is 2. The molecule has 1 aliphatic rings. The smallest absolute Gasteiger partial charge is 0.257 e. The molecule has 2 N–H and O–H groups in total. The van der Waals surface area contributed by atoms with Crippen molar-refractivity contribution in [1.82, 2.24) is 0 Å². The molecule has 2 atom stereocenters. The van der Waals surface area contributed by atoms with Crippen molar-refractivity contribution < 1.29 is 9.59 Å².